The molecular formula is C30H27NO5. The van der Waals surface area contributed by atoms with E-state index in [1.54, 1.807) is 42.5 Å². The van der Waals surface area contributed by atoms with Gasteiger partial charge in [0.1, 0.15) is 24.7 Å². The minimum absolute atomic E-state index is 0.0736. The number of benzene rings is 4. The number of hydrogen-bond donors (Lipinski definition) is 1. The average molecular weight is 482 g/mol. The SMILES string of the molecule is COC(=O)Cc1ccccc1NC(=O)c1cccc(OCc2cccc(OCc3ccccc3)c2)c1. The fourth-order valence-corrected chi connectivity index (χ4v) is 3.58. The van der Waals surface area contributed by atoms with E-state index >= 15 is 0 Å². The predicted octanol–water partition coefficient (Wildman–Crippen LogP) is 5.81. The van der Waals surface area contributed by atoms with Gasteiger partial charge in [0.05, 0.1) is 13.5 Å². The number of rotatable bonds is 10. The molecule has 0 saturated carbocycles. The van der Waals surface area contributed by atoms with Crippen molar-refractivity contribution in [2.45, 2.75) is 19.6 Å². The van der Waals surface area contributed by atoms with Crippen LogP contribution in [0.15, 0.2) is 103 Å². The van der Waals surface area contributed by atoms with E-state index in [0.717, 1.165) is 16.9 Å². The van der Waals surface area contributed by atoms with Gasteiger partial charge in [0.15, 0.2) is 0 Å². The van der Waals surface area contributed by atoms with E-state index in [4.69, 9.17) is 14.2 Å². The molecular weight excluding hydrogens is 454 g/mol. The van der Waals surface area contributed by atoms with E-state index in [1.807, 2.05) is 60.7 Å². The molecule has 0 spiro atoms. The summed E-state index contributed by atoms with van der Waals surface area (Å²) in [6.07, 6.45) is 0.0736. The Morgan fingerprint density at radius 3 is 2.11 bits per heavy atom. The Morgan fingerprint density at radius 1 is 0.694 bits per heavy atom. The summed E-state index contributed by atoms with van der Waals surface area (Å²) in [5.41, 5.74) is 3.74. The van der Waals surface area contributed by atoms with Crippen LogP contribution in [0.25, 0.3) is 0 Å². The Labute approximate surface area is 210 Å². The van der Waals surface area contributed by atoms with Crippen molar-refractivity contribution in [1.29, 1.82) is 0 Å². The van der Waals surface area contributed by atoms with Crippen molar-refractivity contribution in [2.24, 2.45) is 0 Å². The quantitative estimate of drug-likeness (QED) is 0.289. The fourth-order valence-electron chi connectivity index (χ4n) is 3.58. The van der Waals surface area contributed by atoms with Crippen molar-refractivity contribution in [2.75, 3.05) is 12.4 Å². The van der Waals surface area contributed by atoms with E-state index < -0.39 is 0 Å². The highest BCUT2D eigenvalue weighted by Gasteiger charge is 2.12. The molecule has 0 radical (unpaired) electrons. The third-order valence-corrected chi connectivity index (χ3v) is 5.48. The van der Waals surface area contributed by atoms with Crippen LogP contribution in [-0.2, 0) is 29.2 Å². The van der Waals surface area contributed by atoms with Crippen molar-refractivity contribution in [1.82, 2.24) is 0 Å². The molecule has 0 saturated heterocycles. The van der Waals surface area contributed by atoms with Crippen LogP contribution >= 0.6 is 0 Å². The first-order valence-corrected chi connectivity index (χ1v) is 11.6. The van der Waals surface area contributed by atoms with Gasteiger partial charge in [-0.3, -0.25) is 9.59 Å². The van der Waals surface area contributed by atoms with Crippen LogP contribution in [0.1, 0.15) is 27.0 Å². The second kappa shape index (κ2) is 12.2. The number of para-hydroxylation sites is 1. The van der Waals surface area contributed by atoms with Crippen LogP contribution in [0.5, 0.6) is 11.5 Å². The Bertz CT molecular complexity index is 1320. The molecule has 36 heavy (non-hydrogen) atoms. The zero-order chi connectivity index (χ0) is 25.2. The smallest absolute Gasteiger partial charge is 0.310 e. The molecule has 1 N–H and O–H groups in total. The molecule has 182 valence electrons. The number of anilines is 1. The van der Waals surface area contributed by atoms with Crippen LogP contribution < -0.4 is 14.8 Å². The van der Waals surface area contributed by atoms with Crippen molar-refractivity contribution < 1.29 is 23.8 Å². The highest BCUT2D eigenvalue weighted by molar-refractivity contribution is 6.05. The van der Waals surface area contributed by atoms with Crippen molar-refractivity contribution in [3.63, 3.8) is 0 Å². The molecule has 6 heteroatoms. The van der Waals surface area contributed by atoms with Crippen LogP contribution in [0.3, 0.4) is 0 Å². The molecule has 0 aromatic heterocycles. The van der Waals surface area contributed by atoms with Gasteiger partial charge in [-0.15, -0.1) is 0 Å². The monoisotopic (exact) mass is 481 g/mol. The maximum Gasteiger partial charge on any atom is 0.310 e. The van der Waals surface area contributed by atoms with Gasteiger partial charge in [-0.25, -0.2) is 0 Å². The lowest BCUT2D eigenvalue weighted by atomic mass is 10.1. The van der Waals surface area contributed by atoms with E-state index in [0.29, 0.717) is 35.8 Å². The molecule has 0 aliphatic rings. The molecule has 0 heterocycles. The number of esters is 1. The zero-order valence-corrected chi connectivity index (χ0v) is 20.0. The Balaban J connectivity index is 1.36. The maximum absolute atomic E-state index is 12.9. The van der Waals surface area contributed by atoms with Gasteiger partial charge >= 0.3 is 5.97 Å². The van der Waals surface area contributed by atoms with Crippen molar-refractivity contribution in [3.8, 4) is 11.5 Å². The zero-order valence-electron chi connectivity index (χ0n) is 20.0. The number of ether oxygens (including phenoxy) is 3. The number of carbonyl (C=O) groups excluding carboxylic acids is 2. The molecule has 0 aliphatic carbocycles. The van der Waals surface area contributed by atoms with Gasteiger partial charge in [0.25, 0.3) is 5.91 Å². The second-order valence-electron chi connectivity index (χ2n) is 8.10. The number of hydrogen-bond acceptors (Lipinski definition) is 5. The van der Waals surface area contributed by atoms with Gasteiger partial charge in [0.2, 0.25) is 0 Å². The van der Waals surface area contributed by atoms with Gasteiger partial charge in [-0.1, -0.05) is 66.7 Å². The summed E-state index contributed by atoms with van der Waals surface area (Å²) in [6.45, 7) is 0.820. The highest BCUT2D eigenvalue weighted by Crippen LogP contribution is 2.21. The molecule has 4 aromatic rings. The Hall–Kier alpha value is -4.58. The first-order chi connectivity index (χ1) is 17.6. The lowest BCUT2D eigenvalue weighted by Gasteiger charge is -2.12. The van der Waals surface area contributed by atoms with Gasteiger partial charge < -0.3 is 19.5 Å². The van der Waals surface area contributed by atoms with Crippen LogP contribution in [-0.4, -0.2) is 19.0 Å². The Morgan fingerprint density at radius 2 is 1.33 bits per heavy atom. The molecule has 4 rings (SSSR count). The minimum atomic E-state index is -0.373. The van der Waals surface area contributed by atoms with Gasteiger partial charge in [-0.2, -0.15) is 0 Å². The second-order valence-corrected chi connectivity index (χ2v) is 8.10. The topological polar surface area (TPSA) is 73.9 Å². The summed E-state index contributed by atoms with van der Waals surface area (Å²) in [6, 6.07) is 31.8. The van der Waals surface area contributed by atoms with E-state index in [1.165, 1.54) is 7.11 Å². The average Bonchev–Trinajstić information content (AvgIpc) is 2.92. The lowest BCUT2D eigenvalue weighted by molar-refractivity contribution is -0.139. The number of amides is 1. The van der Waals surface area contributed by atoms with Gasteiger partial charge in [0, 0.05) is 11.3 Å². The molecule has 0 atom stereocenters. The standard InChI is InChI=1S/C30H27NO5/c1-34-29(32)19-24-12-5-6-16-28(24)31-30(33)25-13-8-15-27(18-25)36-21-23-11-7-14-26(17-23)35-20-22-9-3-2-4-10-22/h2-18H,19-21H2,1H3,(H,31,33). The number of carbonyl (C=O) groups is 2. The molecule has 0 unspecified atom stereocenters. The maximum atomic E-state index is 12.9. The summed E-state index contributed by atoms with van der Waals surface area (Å²) in [5, 5.41) is 2.87. The molecule has 1 amide bonds. The van der Waals surface area contributed by atoms with E-state index in [9.17, 15) is 9.59 Å². The van der Waals surface area contributed by atoms with Crippen molar-refractivity contribution >= 4 is 17.6 Å². The largest absolute Gasteiger partial charge is 0.489 e. The molecule has 0 fully saturated rings. The third kappa shape index (κ3) is 6.96. The summed E-state index contributed by atoms with van der Waals surface area (Å²) in [4.78, 5) is 24.6. The molecule has 0 aliphatic heterocycles. The summed E-state index contributed by atoms with van der Waals surface area (Å²) in [7, 11) is 1.34. The van der Waals surface area contributed by atoms with Crippen LogP contribution in [0, 0.1) is 0 Å². The predicted molar refractivity (Wildman–Crippen MR) is 138 cm³/mol. The summed E-state index contributed by atoms with van der Waals surface area (Å²) < 4.78 is 16.6. The molecule has 4 aromatic carbocycles. The molecule has 0 bridgehead atoms. The van der Waals surface area contributed by atoms with Crippen molar-refractivity contribution in [3.05, 3.63) is 125 Å². The number of methoxy groups -OCH3 is 1. The highest BCUT2D eigenvalue weighted by atomic mass is 16.5. The van der Waals surface area contributed by atoms with E-state index in [-0.39, 0.29) is 18.3 Å². The van der Waals surface area contributed by atoms with Crippen LogP contribution in [0.4, 0.5) is 5.69 Å². The fraction of sp³-hybridized carbons (Fsp3) is 0.133. The van der Waals surface area contributed by atoms with Gasteiger partial charge in [-0.05, 0) is 53.1 Å². The summed E-state index contributed by atoms with van der Waals surface area (Å²) in [5.74, 6) is 0.663. The first kappa shape index (κ1) is 24.5. The van der Waals surface area contributed by atoms with E-state index in [2.05, 4.69) is 5.32 Å². The summed E-state index contributed by atoms with van der Waals surface area (Å²) >= 11 is 0. The molecule has 6 nitrogen and oxygen atoms in total. The normalized spacial score (nSPS) is 10.4. The number of nitrogens with one attached hydrogen (secondary N) is 1. The first-order valence-electron chi connectivity index (χ1n) is 11.6. The lowest BCUT2D eigenvalue weighted by Crippen LogP contribution is -2.15. The Kier molecular flexibility index (Phi) is 8.33. The van der Waals surface area contributed by atoms with Crippen LogP contribution in [0.2, 0.25) is 0 Å². The minimum Gasteiger partial charge on any atom is -0.489 e. The third-order valence-electron chi connectivity index (χ3n) is 5.48.